The highest BCUT2D eigenvalue weighted by Crippen LogP contribution is 2.52. The maximum absolute atomic E-state index is 13.5. The van der Waals surface area contributed by atoms with Gasteiger partial charge in [0.2, 0.25) is 11.8 Å². The number of carbonyl (C=O) groups is 2. The zero-order chi connectivity index (χ0) is 21.7. The summed E-state index contributed by atoms with van der Waals surface area (Å²) in [7, 11) is -1.32. The number of aliphatic hydroxyl groups excluding tert-OH is 1. The van der Waals surface area contributed by atoms with E-state index in [0.717, 1.165) is 0 Å². The van der Waals surface area contributed by atoms with Crippen molar-refractivity contribution in [3.05, 3.63) is 71.2 Å². The van der Waals surface area contributed by atoms with E-state index in [1.807, 2.05) is 6.07 Å². The highest BCUT2D eigenvalue weighted by molar-refractivity contribution is 6.53. The molecule has 0 saturated carbocycles. The van der Waals surface area contributed by atoms with Gasteiger partial charge in [0.1, 0.15) is 5.75 Å². The van der Waals surface area contributed by atoms with Crippen LogP contribution in [0.25, 0.3) is 0 Å². The molecule has 5 rings (SSSR count). The van der Waals surface area contributed by atoms with Crippen LogP contribution >= 0.6 is 0 Å². The Bertz CT molecular complexity index is 1070. The summed E-state index contributed by atoms with van der Waals surface area (Å²) in [5.74, 6) is -2.26. The molecule has 2 aromatic carbocycles. The number of fused-ring (bicyclic) bond motifs is 3. The fraction of sp³-hybridized carbons (Fsp3) is 0.304. The van der Waals surface area contributed by atoms with Crippen molar-refractivity contribution in [2.75, 3.05) is 11.5 Å². The molecule has 3 N–H and O–H groups in total. The van der Waals surface area contributed by atoms with Crippen LogP contribution in [0.4, 0.5) is 5.69 Å². The average molecular weight is 419 g/mol. The molecule has 4 atom stereocenters. The summed E-state index contributed by atoms with van der Waals surface area (Å²) < 4.78 is 5.79. The third-order valence-corrected chi connectivity index (χ3v) is 6.70. The maximum Gasteiger partial charge on any atom is 0.487 e. The molecule has 0 bridgehead atoms. The van der Waals surface area contributed by atoms with Crippen molar-refractivity contribution in [3.63, 3.8) is 0 Å². The predicted octanol–water partition coefficient (Wildman–Crippen LogP) is 1.99. The molecule has 2 saturated heterocycles. The number of aliphatic hydroxyl groups is 1. The number of imide groups is 1. The molecule has 2 aromatic rings. The maximum atomic E-state index is 13.5. The number of phenolic OH excluding ortho intramolecular Hbond substituents is 1. The summed E-state index contributed by atoms with van der Waals surface area (Å²) in [4.78, 5) is 27.9. The van der Waals surface area contributed by atoms with Gasteiger partial charge in [-0.25, -0.2) is 0 Å². The minimum atomic E-state index is -1.32. The second kappa shape index (κ2) is 7.64. The van der Waals surface area contributed by atoms with Crippen molar-refractivity contribution in [3.8, 4) is 5.75 Å². The summed E-state index contributed by atoms with van der Waals surface area (Å²) >= 11 is 0. The molecule has 2 aliphatic heterocycles. The second-order valence-corrected chi connectivity index (χ2v) is 8.28. The van der Waals surface area contributed by atoms with E-state index in [2.05, 4.69) is 0 Å². The molecule has 2 amide bonds. The zero-order valence-corrected chi connectivity index (χ0v) is 16.7. The molecule has 0 unspecified atom stereocenters. The van der Waals surface area contributed by atoms with Gasteiger partial charge in [0.25, 0.3) is 0 Å². The number of amides is 2. The molecule has 0 radical (unpaired) electrons. The van der Waals surface area contributed by atoms with Gasteiger partial charge in [-0.1, -0.05) is 36.4 Å². The first-order valence-electron chi connectivity index (χ1n) is 10.4. The van der Waals surface area contributed by atoms with Gasteiger partial charge >= 0.3 is 7.12 Å². The number of rotatable bonds is 3. The first kappa shape index (κ1) is 20.0. The van der Waals surface area contributed by atoms with Crippen LogP contribution in [0.2, 0.25) is 0 Å². The Hall–Kier alpha value is -2.94. The van der Waals surface area contributed by atoms with Crippen LogP contribution in [0.5, 0.6) is 5.75 Å². The Morgan fingerprint density at radius 2 is 1.71 bits per heavy atom. The summed E-state index contributed by atoms with van der Waals surface area (Å²) in [6.07, 6.45) is -0.115. The monoisotopic (exact) mass is 419 g/mol. The lowest BCUT2D eigenvalue weighted by Crippen LogP contribution is -2.45. The number of para-hydroxylation sites is 2. The first-order chi connectivity index (χ1) is 15.0. The van der Waals surface area contributed by atoms with Gasteiger partial charge < -0.3 is 19.9 Å². The van der Waals surface area contributed by atoms with Gasteiger partial charge in [0.15, 0.2) is 0 Å². The van der Waals surface area contributed by atoms with E-state index in [1.165, 1.54) is 4.90 Å². The molecule has 2 fully saturated rings. The van der Waals surface area contributed by atoms with Gasteiger partial charge in [-0.15, -0.1) is 0 Å². The lowest BCUT2D eigenvalue weighted by Gasteiger charge is -2.42. The molecule has 1 aliphatic carbocycles. The average Bonchev–Trinajstić information content (AvgIpc) is 3.03. The van der Waals surface area contributed by atoms with Gasteiger partial charge in [-0.2, -0.15) is 0 Å². The molecular formula is C23H22BNO6. The second-order valence-electron chi connectivity index (χ2n) is 8.28. The molecule has 8 heteroatoms. The largest absolute Gasteiger partial charge is 0.508 e. The van der Waals surface area contributed by atoms with E-state index in [0.29, 0.717) is 28.7 Å². The van der Waals surface area contributed by atoms with Crippen molar-refractivity contribution in [2.45, 2.75) is 18.9 Å². The van der Waals surface area contributed by atoms with Crippen LogP contribution in [0.3, 0.4) is 0 Å². The molecule has 0 spiro atoms. The lowest BCUT2D eigenvalue weighted by molar-refractivity contribution is -0.123. The van der Waals surface area contributed by atoms with Crippen molar-refractivity contribution in [1.29, 1.82) is 0 Å². The third-order valence-electron chi connectivity index (χ3n) is 6.70. The molecule has 31 heavy (non-hydrogen) atoms. The third kappa shape index (κ3) is 3.10. The van der Waals surface area contributed by atoms with Crippen molar-refractivity contribution >= 4 is 24.6 Å². The van der Waals surface area contributed by atoms with Gasteiger partial charge in [0, 0.05) is 5.56 Å². The summed E-state index contributed by atoms with van der Waals surface area (Å²) in [5.41, 5.74) is 2.07. The fourth-order valence-electron chi connectivity index (χ4n) is 5.35. The smallest absolute Gasteiger partial charge is 0.487 e. The number of hydrogen-bond acceptors (Lipinski definition) is 6. The highest BCUT2D eigenvalue weighted by Gasteiger charge is 2.58. The topological polar surface area (TPSA) is 107 Å². The van der Waals surface area contributed by atoms with E-state index in [9.17, 15) is 24.8 Å². The fourth-order valence-corrected chi connectivity index (χ4v) is 5.35. The summed E-state index contributed by atoms with van der Waals surface area (Å²) in [5, 5.41) is 31.0. The van der Waals surface area contributed by atoms with Gasteiger partial charge in [-0.3, -0.25) is 14.5 Å². The van der Waals surface area contributed by atoms with Crippen LogP contribution in [0.15, 0.2) is 65.6 Å². The summed E-state index contributed by atoms with van der Waals surface area (Å²) in [6.45, 7) is -0.316. The SMILES string of the molecule is O=C1[C@H]2[C@H](CC(CO)=C3B(O)O[C@H](c4ccccc4O)C[C@H]32)C(=O)N1c1ccccc1. The predicted molar refractivity (Wildman–Crippen MR) is 113 cm³/mol. The van der Waals surface area contributed by atoms with E-state index >= 15 is 0 Å². The van der Waals surface area contributed by atoms with Crippen LogP contribution in [0.1, 0.15) is 24.5 Å². The molecule has 158 valence electrons. The van der Waals surface area contributed by atoms with E-state index in [1.54, 1.807) is 48.5 Å². The Morgan fingerprint density at radius 1 is 1.00 bits per heavy atom. The molecule has 2 heterocycles. The van der Waals surface area contributed by atoms with Crippen LogP contribution in [-0.2, 0) is 14.2 Å². The van der Waals surface area contributed by atoms with Gasteiger partial charge in [-0.05, 0) is 48.0 Å². The van der Waals surface area contributed by atoms with E-state index < -0.39 is 31.0 Å². The standard InChI is InChI=1S/C23H22BNO6/c26-12-13-10-17-20(23(29)25(22(17)28)14-6-2-1-3-7-14)16-11-19(31-24(30)21(13)16)15-8-4-5-9-18(15)27/h1-9,16-17,19-20,26-27,30H,10-12H2/t16-,17-,19-,20+/m0/s1. The van der Waals surface area contributed by atoms with Crippen molar-refractivity contribution in [2.24, 2.45) is 17.8 Å². The lowest BCUT2D eigenvalue weighted by atomic mass is 9.55. The van der Waals surface area contributed by atoms with Crippen molar-refractivity contribution in [1.82, 2.24) is 0 Å². The number of aromatic hydroxyl groups is 1. The Kier molecular flexibility index (Phi) is 4.93. The van der Waals surface area contributed by atoms with Crippen LogP contribution in [-0.4, -0.2) is 40.8 Å². The Morgan fingerprint density at radius 3 is 2.42 bits per heavy atom. The first-order valence-corrected chi connectivity index (χ1v) is 10.4. The number of allylic oxidation sites excluding steroid dienone is 1. The number of carbonyl (C=O) groups excluding carboxylic acids is 2. The number of anilines is 1. The summed E-state index contributed by atoms with van der Waals surface area (Å²) in [6, 6.07) is 15.5. The minimum Gasteiger partial charge on any atom is -0.508 e. The number of benzene rings is 2. The van der Waals surface area contributed by atoms with Crippen molar-refractivity contribution < 1.29 is 29.5 Å². The molecular weight excluding hydrogens is 397 g/mol. The Labute approximate surface area is 179 Å². The van der Waals surface area contributed by atoms with Crippen LogP contribution in [0, 0.1) is 17.8 Å². The highest BCUT2D eigenvalue weighted by atomic mass is 16.5. The quantitative estimate of drug-likeness (QED) is 0.519. The normalized spacial score (nSPS) is 28.1. The van der Waals surface area contributed by atoms with Gasteiger partial charge in [0.05, 0.1) is 30.2 Å². The van der Waals surface area contributed by atoms with Crippen LogP contribution < -0.4 is 4.90 Å². The van der Waals surface area contributed by atoms with E-state index in [-0.39, 0.29) is 30.6 Å². The molecule has 3 aliphatic rings. The molecule has 0 aromatic heterocycles. The number of phenols is 1. The minimum absolute atomic E-state index is 0.0432. The van der Waals surface area contributed by atoms with E-state index in [4.69, 9.17) is 4.65 Å². The zero-order valence-electron chi connectivity index (χ0n) is 16.7. The number of hydrogen-bond donors (Lipinski definition) is 3. The Balaban J connectivity index is 1.56. The molecule has 7 nitrogen and oxygen atoms in total. The number of nitrogens with zero attached hydrogens (tertiary/aromatic N) is 1.